The minimum Gasteiger partial charge on any atom is -0.347 e. The average Bonchev–Trinajstić information content (AvgIpc) is 3.43. The van der Waals surface area contributed by atoms with Crippen molar-refractivity contribution >= 4 is 27.9 Å². The second-order valence-corrected chi connectivity index (χ2v) is 7.88. The molecule has 3 rings (SSSR count). The number of halogens is 1. The van der Waals surface area contributed by atoms with E-state index in [-0.39, 0.29) is 23.9 Å². The molecular formula is C21H24BrN3O2. The SMILES string of the molecule is CN(Cc1ccccc1)C(=O)NCCC(=O)NC1(c2ccc(Br)cc2)CC1. The summed E-state index contributed by atoms with van der Waals surface area (Å²) in [6.45, 7) is 0.853. The molecule has 27 heavy (non-hydrogen) atoms. The van der Waals surface area contributed by atoms with Crippen LogP contribution in [0.5, 0.6) is 0 Å². The summed E-state index contributed by atoms with van der Waals surface area (Å²) in [6.07, 6.45) is 2.17. The number of amides is 3. The Morgan fingerprint density at radius 1 is 1.07 bits per heavy atom. The lowest BCUT2D eigenvalue weighted by atomic mass is 10.0. The fraction of sp³-hybridized carbons (Fsp3) is 0.333. The number of carbonyl (C=O) groups is 2. The van der Waals surface area contributed by atoms with E-state index in [1.165, 1.54) is 0 Å². The van der Waals surface area contributed by atoms with E-state index in [2.05, 4.69) is 26.6 Å². The van der Waals surface area contributed by atoms with E-state index in [1.54, 1.807) is 11.9 Å². The number of urea groups is 1. The first-order valence-electron chi connectivity index (χ1n) is 9.08. The van der Waals surface area contributed by atoms with Crippen LogP contribution in [0.3, 0.4) is 0 Å². The van der Waals surface area contributed by atoms with E-state index in [9.17, 15) is 9.59 Å². The van der Waals surface area contributed by atoms with E-state index in [1.807, 2.05) is 54.6 Å². The second-order valence-electron chi connectivity index (χ2n) is 6.96. The Bertz CT molecular complexity index is 789. The van der Waals surface area contributed by atoms with Crippen molar-refractivity contribution in [2.24, 2.45) is 0 Å². The van der Waals surface area contributed by atoms with Gasteiger partial charge in [0.1, 0.15) is 0 Å². The number of hydrogen-bond donors (Lipinski definition) is 2. The molecule has 1 aliphatic carbocycles. The summed E-state index contributed by atoms with van der Waals surface area (Å²) in [5, 5.41) is 5.93. The molecule has 0 saturated heterocycles. The maximum absolute atomic E-state index is 12.3. The Balaban J connectivity index is 1.41. The minimum atomic E-state index is -0.230. The number of hydrogen-bond acceptors (Lipinski definition) is 2. The Kier molecular flexibility index (Phi) is 6.16. The zero-order chi connectivity index (χ0) is 19.3. The number of rotatable bonds is 7. The molecule has 0 atom stereocenters. The van der Waals surface area contributed by atoms with Gasteiger partial charge < -0.3 is 15.5 Å². The highest BCUT2D eigenvalue weighted by Crippen LogP contribution is 2.45. The molecule has 0 heterocycles. The Morgan fingerprint density at radius 3 is 2.37 bits per heavy atom. The van der Waals surface area contributed by atoms with Crippen molar-refractivity contribution in [3.63, 3.8) is 0 Å². The molecule has 0 aliphatic heterocycles. The van der Waals surface area contributed by atoms with Crippen LogP contribution >= 0.6 is 15.9 Å². The zero-order valence-electron chi connectivity index (χ0n) is 15.4. The van der Waals surface area contributed by atoms with Crippen LogP contribution in [0.4, 0.5) is 4.79 Å². The van der Waals surface area contributed by atoms with Crippen molar-refractivity contribution in [2.45, 2.75) is 31.3 Å². The van der Waals surface area contributed by atoms with Crippen molar-refractivity contribution in [1.82, 2.24) is 15.5 Å². The molecule has 2 aromatic rings. The lowest BCUT2D eigenvalue weighted by Crippen LogP contribution is -2.40. The van der Waals surface area contributed by atoms with Gasteiger partial charge in [-0.3, -0.25) is 4.79 Å². The summed E-state index contributed by atoms with van der Waals surface area (Å²) in [5.41, 5.74) is 1.97. The average molecular weight is 430 g/mol. The molecule has 0 bridgehead atoms. The summed E-state index contributed by atoms with van der Waals surface area (Å²) < 4.78 is 1.02. The summed E-state index contributed by atoms with van der Waals surface area (Å²) in [7, 11) is 1.75. The van der Waals surface area contributed by atoms with Gasteiger partial charge in [0.2, 0.25) is 5.91 Å². The Morgan fingerprint density at radius 2 is 1.74 bits per heavy atom. The van der Waals surface area contributed by atoms with Crippen molar-refractivity contribution in [1.29, 1.82) is 0 Å². The molecule has 1 saturated carbocycles. The molecule has 142 valence electrons. The highest BCUT2D eigenvalue weighted by atomic mass is 79.9. The third-order valence-corrected chi connectivity index (χ3v) is 5.29. The van der Waals surface area contributed by atoms with E-state index in [4.69, 9.17) is 0 Å². The molecule has 0 radical (unpaired) electrons. The van der Waals surface area contributed by atoms with Crippen LogP contribution in [0.25, 0.3) is 0 Å². The number of nitrogens with zero attached hydrogens (tertiary/aromatic N) is 1. The van der Waals surface area contributed by atoms with Crippen molar-refractivity contribution in [3.8, 4) is 0 Å². The minimum absolute atomic E-state index is 0.0403. The molecular weight excluding hydrogens is 406 g/mol. The largest absolute Gasteiger partial charge is 0.347 e. The molecule has 2 N–H and O–H groups in total. The standard InChI is InChI=1S/C21H24BrN3O2/c1-25(15-16-5-3-2-4-6-16)20(27)23-14-11-19(26)24-21(12-13-21)17-7-9-18(22)10-8-17/h2-10H,11-15H2,1H3,(H,23,27)(H,24,26). The maximum Gasteiger partial charge on any atom is 0.317 e. The van der Waals surface area contributed by atoms with E-state index in [0.29, 0.717) is 13.1 Å². The van der Waals surface area contributed by atoms with Crippen molar-refractivity contribution < 1.29 is 9.59 Å². The van der Waals surface area contributed by atoms with Crippen molar-refractivity contribution in [2.75, 3.05) is 13.6 Å². The Labute approximate surface area is 168 Å². The van der Waals surface area contributed by atoms with Crippen LogP contribution in [0.2, 0.25) is 0 Å². The smallest absolute Gasteiger partial charge is 0.317 e. The Hall–Kier alpha value is -2.34. The quantitative estimate of drug-likeness (QED) is 0.703. The van der Waals surface area contributed by atoms with E-state index >= 15 is 0 Å². The predicted molar refractivity (Wildman–Crippen MR) is 109 cm³/mol. The summed E-state index contributed by atoms with van der Waals surface area (Å²) in [4.78, 5) is 26.1. The third kappa shape index (κ3) is 5.32. The van der Waals surface area contributed by atoms with Gasteiger partial charge in [-0.2, -0.15) is 0 Å². The number of carbonyl (C=O) groups excluding carboxylic acids is 2. The van der Waals surface area contributed by atoms with Gasteiger partial charge in [-0.25, -0.2) is 4.79 Å². The van der Waals surface area contributed by atoms with E-state index in [0.717, 1.165) is 28.4 Å². The topological polar surface area (TPSA) is 61.4 Å². The van der Waals surface area contributed by atoms with Gasteiger partial charge in [-0.05, 0) is 36.1 Å². The number of nitrogens with one attached hydrogen (secondary N) is 2. The monoisotopic (exact) mass is 429 g/mol. The normalized spacial score (nSPS) is 14.3. The molecule has 3 amide bonds. The summed E-state index contributed by atoms with van der Waals surface area (Å²) in [5.74, 6) is -0.0403. The van der Waals surface area contributed by atoms with Gasteiger partial charge in [0.25, 0.3) is 0 Å². The molecule has 0 aromatic heterocycles. The molecule has 0 unspecified atom stereocenters. The molecule has 1 fully saturated rings. The van der Waals surface area contributed by atoms with Gasteiger partial charge in [-0.15, -0.1) is 0 Å². The molecule has 1 aliphatic rings. The first-order chi connectivity index (χ1) is 13.0. The zero-order valence-corrected chi connectivity index (χ0v) is 17.0. The van der Waals surface area contributed by atoms with Gasteiger partial charge >= 0.3 is 6.03 Å². The fourth-order valence-electron chi connectivity index (χ4n) is 3.06. The third-order valence-electron chi connectivity index (χ3n) is 4.76. The maximum atomic E-state index is 12.3. The van der Waals surface area contributed by atoms with Gasteiger partial charge in [-0.1, -0.05) is 58.4 Å². The molecule has 5 nitrogen and oxygen atoms in total. The second kappa shape index (κ2) is 8.57. The van der Waals surface area contributed by atoms with Crippen LogP contribution in [-0.2, 0) is 16.9 Å². The number of benzene rings is 2. The fourth-order valence-corrected chi connectivity index (χ4v) is 3.32. The predicted octanol–water partition coefficient (Wildman–Crippen LogP) is 3.79. The van der Waals surface area contributed by atoms with Gasteiger partial charge in [0, 0.05) is 31.0 Å². The highest BCUT2D eigenvalue weighted by molar-refractivity contribution is 9.10. The highest BCUT2D eigenvalue weighted by Gasteiger charge is 2.45. The molecule has 6 heteroatoms. The van der Waals surface area contributed by atoms with E-state index < -0.39 is 0 Å². The summed E-state index contributed by atoms with van der Waals surface area (Å²) in [6, 6.07) is 17.7. The summed E-state index contributed by atoms with van der Waals surface area (Å²) >= 11 is 3.43. The lowest BCUT2D eigenvalue weighted by Gasteiger charge is -2.20. The lowest BCUT2D eigenvalue weighted by molar-refractivity contribution is -0.122. The van der Waals surface area contributed by atoms with Gasteiger partial charge in [0.05, 0.1) is 5.54 Å². The van der Waals surface area contributed by atoms with Gasteiger partial charge in [0.15, 0.2) is 0 Å². The van der Waals surface area contributed by atoms with Crippen LogP contribution in [-0.4, -0.2) is 30.4 Å². The first kappa shape index (κ1) is 19.4. The molecule has 2 aromatic carbocycles. The van der Waals surface area contributed by atoms with Crippen LogP contribution in [0.15, 0.2) is 59.1 Å². The van der Waals surface area contributed by atoms with Crippen LogP contribution in [0.1, 0.15) is 30.4 Å². The van der Waals surface area contributed by atoms with Crippen LogP contribution < -0.4 is 10.6 Å². The molecule has 0 spiro atoms. The van der Waals surface area contributed by atoms with Crippen molar-refractivity contribution in [3.05, 3.63) is 70.2 Å². The van der Waals surface area contributed by atoms with Crippen LogP contribution in [0, 0.1) is 0 Å². The first-order valence-corrected chi connectivity index (χ1v) is 9.88.